The summed E-state index contributed by atoms with van der Waals surface area (Å²) in [5, 5.41) is 0. The van der Waals surface area contributed by atoms with Gasteiger partial charge in [0.25, 0.3) is 0 Å². The Hall–Kier alpha value is -1.11. The molecule has 0 unspecified atom stereocenters. The Bertz CT molecular complexity index is 272. The summed E-state index contributed by atoms with van der Waals surface area (Å²) < 4.78 is 0. The highest BCUT2D eigenvalue weighted by Gasteiger charge is 1.97. The van der Waals surface area contributed by atoms with Crippen LogP contribution in [-0.4, -0.2) is 5.78 Å². The number of aryl methyl sites for hydroxylation is 1. The summed E-state index contributed by atoms with van der Waals surface area (Å²) in [6.07, 6.45) is 3.56. The van der Waals surface area contributed by atoms with E-state index in [4.69, 9.17) is 0 Å². The molecule has 0 bridgehead atoms. The Kier molecular flexibility index (Phi) is 7.61. The number of rotatable bonds is 4. The van der Waals surface area contributed by atoms with Crippen LogP contribution in [0.3, 0.4) is 0 Å². The minimum absolute atomic E-state index is 0.141. The fourth-order valence-electron chi connectivity index (χ4n) is 1.29. The van der Waals surface area contributed by atoms with Crippen LogP contribution in [0.2, 0.25) is 0 Å². The number of hydrogen-bond donors (Lipinski definition) is 0. The van der Waals surface area contributed by atoms with Crippen LogP contribution in [0.1, 0.15) is 56.5 Å². The molecule has 0 saturated carbocycles. The van der Waals surface area contributed by atoms with E-state index in [0.29, 0.717) is 0 Å². The number of ketones is 1. The fraction of sp³-hybridized carbons (Fsp3) is 0.500. The SMILES string of the molecule is CC.CCCCc1ccc(C(C)=O)cc1. The molecule has 1 rings (SSSR count). The second-order valence-electron chi connectivity index (χ2n) is 3.36. The van der Waals surface area contributed by atoms with Crippen molar-refractivity contribution in [3.63, 3.8) is 0 Å². The molecule has 0 aromatic heterocycles. The van der Waals surface area contributed by atoms with Gasteiger partial charge in [-0.3, -0.25) is 4.79 Å². The minimum Gasteiger partial charge on any atom is -0.295 e. The first kappa shape index (κ1) is 13.9. The van der Waals surface area contributed by atoms with E-state index >= 15 is 0 Å². The van der Waals surface area contributed by atoms with Gasteiger partial charge in [0.15, 0.2) is 5.78 Å². The second kappa shape index (κ2) is 8.22. The van der Waals surface area contributed by atoms with Gasteiger partial charge < -0.3 is 0 Å². The van der Waals surface area contributed by atoms with Gasteiger partial charge in [0.2, 0.25) is 0 Å². The maximum absolute atomic E-state index is 11.0. The topological polar surface area (TPSA) is 17.1 Å². The molecular weight excluding hydrogens is 184 g/mol. The van der Waals surface area contributed by atoms with Crippen molar-refractivity contribution in [2.24, 2.45) is 0 Å². The molecule has 1 nitrogen and oxygen atoms in total. The standard InChI is InChI=1S/C12H16O.C2H6/c1-3-4-5-11-6-8-12(9-7-11)10(2)13;1-2/h6-9H,3-5H2,1-2H3;1-2H3. The van der Waals surface area contributed by atoms with Crippen LogP contribution in [0.5, 0.6) is 0 Å². The summed E-state index contributed by atoms with van der Waals surface area (Å²) in [6.45, 7) is 7.78. The summed E-state index contributed by atoms with van der Waals surface area (Å²) in [4.78, 5) is 11.0. The van der Waals surface area contributed by atoms with E-state index in [1.807, 2.05) is 38.1 Å². The largest absolute Gasteiger partial charge is 0.295 e. The third-order valence-electron chi connectivity index (χ3n) is 2.18. The van der Waals surface area contributed by atoms with Gasteiger partial charge in [-0.1, -0.05) is 51.5 Å². The maximum atomic E-state index is 11.0. The second-order valence-corrected chi connectivity index (χ2v) is 3.36. The molecule has 15 heavy (non-hydrogen) atoms. The lowest BCUT2D eigenvalue weighted by Crippen LogP contribution is -1.92. The highest BCUT2D eigenvalue weighted by atomic mass is 16.1. The molecule has 0 heterocycles. The van der Waals surface area contributed by atoms with Crippen molar-refractivity contribution in [3.8, 4) is 0 Å². The number of hydrogen-bond acceptors (Lipinski definition) is 1. The summed E-state index contributed by atoms with van der Waals surface area (Å²) in [5.74, 6) is 0.141. The summed E-state index contributed by atoms with van der Waals surface area (Å²) in [5.41, 5.74) is 2.13. The van der Waals surface area contributed by atoms with Gasteiger partial charge in [0.1, 0.15) is 0 Å². The zero-order chi connectivity index (χ0) is 11.7. The first-order chi connectivity index (χ1) is 7.24. The van der Waals surface area contributed by atoms with Gasteiger partial charge in [-0.15, -0.1) is 0 Å². The summed E-state index contributed by atoms with van der Waals surface area (Å²) in [7, 11) is 0. The van der Waals surface area contributed by atoms with Gasteiger partial charge in [0.05, 0.1) is 0 Å². The van der Waals surface area contributed by atoms with Crippen LogP contribution in [-0.2, 0) is 6.42 Å². The monoisotopic (exact) mass is 206 g/mol. The van der Waals surface area contributed by atoms with Crippen LogP contribution in [0, 0.1) is 0 Å². The number of carbonyl (C=O) groups is 1. The van der Waals surface area contributed by atoms with Crippen molar-refractivity contribution in [3.05, 3.63) is 35.4 Å². The third-order valence-corrected chi connectivity index (χ3v) is 2.18. The van der Waals surface area contributed by atoms with Gasteiger partial charge in [0, 0.05) is 5.56 Å². The highest BCUT2D eigenvalue weighted by molar-refractivity contribution is 5.93. The zero-order valence-electron chi connectivity index (χ0n) is 10.3. The van der Waals surface area contributed by atoms with Crippen LogP contribution in [0.4, 0.5) is 0 Å². The lowest BCUT2D eigenvalue weighted by molar-refractivity contribution is 0.101. The highest BCUT2D eigenvalue weighted by Crippen LogP contribution is 2.08. The molecule has 0 radical (unpaired) electrons. The molecular formula is C14H22O. The van der Waals surface area contributed by atoms with E-state index < -0.39 is 0 Å². The first-order valence-electron chi connectivity index (χ1n) is 5.84. The average Bonchev–Trinajstić information content (AvgIpc) is 2.29. The number of carbonyl (C=O) groups excluding carboxylic acids is 1. The van der Waals surface area contributed by atoms with Crippen LogP contribution < -0.4 is 0 Å². The van der Waals surface area contributed by atoms with Crippen LogP contribution in [0.25, 0.3) is 0 Å². The first-order valence-corrected chi connectivity index (χ1v) is 5.84. The van der Waals surface area contributed by atoms with E-state index in [1.165, 1.54) is 18.4 Å². The fourth-order valence-corrected chi connectivity index (χ4v) is 1.29. The van der Waals surface area contributed by atoms with Crippen molar-refractivity contribution in [1.29, 1.82) is 0 Å². The molecule has 0 amide bonds. The quantitative estimate of drug-likeness (QED) is 0.673. The van der Waals surface area contributed by atoms with E-state index in [0.717, 1.165) is 12.0 Å². The molecule has 1 heteroatoms. The van der Waals surface area contributed by atoms with Crippen molar-refractivity contribution < 1.29 is 4.79 Å². The summed E-state index contributed by atoms with van der Waals surface area (Å²) >= 11 is 0. The van der Waals surface area contributed by atoms with Gasteiger partial charge in [-0.2, -0.15) is 0 Å². The van der Waals surface area contributed by atoms with Gasteiger partial charge in [-0.05, 0) is 25.3 Å². The molecule has 0 aliphatic rings. The molecule has 0 N–H and O–H groups in total. The van der Waals surface area contributed by atoms with E-state index in [1.54, 1.807) is 6.92 Å². The zero-order valence-corrected chi connectivity index (χ0v) is 10.3. The van der Waals surface area contributed by atoms with E-state index in [9.17, 15) is 4.79 Å². The maximum Gasteiger partial charge on any atom is 0.159 e. The molecule has 0 atom stereocenters. The van der Waals surface area contributed by atoms with Crippen LogP contribution >= 0.6 is 0 Å². The number of benzene rings is 1. The smallest absolute Gasteiger partial charge is 0.159 e. The van der Waals surface area contributed by atoms with E-state index in [2.05, 4.69) is 6.92 Å². The third kappa shape index (κ3) is 5.36. The lowest BCUT2D eigenvalue weighted by atomic mass is 10.1. The molecule has 0 aliphatic carbocycles. The van der Waals surface area contributed by atoms with Gasteiger partial charge >= 0.3 is 0 Å². The molecule has 84 valence electrons. The molecule has 0 fully saturated rings. The lowest BCUT2D eigenvalue weighted by Gasteiger charge is -2.00. The Morgan fingerprint density at radius 2 is 1.67 bits per heavy atom. The van der Waals surface area contributed by atoms with Crippen molar-refractivity contribution in [2.75, 3.05) is 0 Å². The van der Waals surface area contributed by atoms with E-state index in [-0.39, 0.29) is 5.78 Å². The average molecular weight is 206 g/mol. The predicted octanol–water partition coefficient (Wildman–Crippen LogP) is 4.26. The Balaban J connectivity index is 0.000000921. The molecule has 1 aromatic rings. The molecule has 0 spiro atoms. The Morgan fingerprint density at radius 3 is 2.07 bits per heavy atom. The molecule has 0 saturated heterocycles. The normalized spacial score (nSPS) is 9.07. The predicted molar refractivity (Wildman–Crippen MR) is 66.4 cm³/mol. The number of Topliss-reactive ketones (excluding diaryl/α,β-unsaturated/α-hetero) is 1. The van der Waals surface area contributed by atoms with Crippen molar-refractivity contribution in [2.45, 2.75) is 47.0 Å². The Morgan fingerprint density at radius 1 is 1.13 bits per heavy atom. The van der Waals surface area contributed by atoms with Gasteiger partial charge in [-0.25, -0.2) is 0 Å². The van der Waals surface area contributed by atoms with Crippen LogP contribution in [0.15, 0.2) is 24.3 Å². The summed E-state index contributed by atoms with van der Waals surface area (Å²) in [6, 6.07) is 7.92. The van der Waals surface area contributed by atoms with Crippen molar-refractivity contribution in [1.82, 2.24) is 0 Å². The molecule has 1 aromatic carbocycles. The number of unbranched alkanes of at least 4 members (excludes halogenated alkanes) is 1. The van der Waals surface area contributed by atoms with Crippen molar-refractivity contribution >= 4 is 5.78 Å². The Labute approximate surface area is 93.5 Å². The molecule has 0 aliphatic heterocycles. The minimum atomic E-state index is 0.141.